The molecule has 0 aromatic heterocycles. The molecule has 10 heteroatoms. The molecule has 29 heavy (non-hydrogen) atoms. The van der Waals surface area contributed by atoms with Crippen molar-refractivity contribution in [2.24, 2.45) is 0 Å². The summed E-state index contributed by atoms with van der Waals surface area (Å²) in [7, 11) is -2.81. The molecule has 0 aliphatic carbocycles. The van der Waals surface area contributed by atoms with E-state index in [0.29, 0.717) is 17.9 Å². The Balaban J connectivity index is 1.65. The van der Waals surface area contributed by atoms with Crippen molar-refractivity contribution in [2.45, 2.75) is 11.3 Å². The number of hydrogen-bond acceptors (Lipinski definition) is 4. The molecule has 0 bridgehead atoms. The van der Waals surface area contributed by atoms with Crippen molar-refractivity contribution in [3.63, 3.8) is 0 Å². The normalized spacial score (nSPS) is 15.4. The van der Waals surface area contributed by atoms with Gasteiger partial charge in [-0.25, -0.2) is 21.6 Å². The Bertz CT molecular complexity index is 1000. The van der Waals surface area contributed by atoms with Crippen LogP contribution < -0.4 is 4.74 Å². The highest BCUT2D eigenvalue weighted by molar-refractivity contribution is 7.89. The number of rotatable bonds is 5. The van der Waals surface area contributed by atoms with Crippen molar-refractivity contribution in [1.82, 2.24) is 9.21 Å². The number of sulfonamides is 1. The lowest BCUT2D eigenvalue weighted by molar-refractivity contribution is -0.131. The Kier molecular flexibility index (Phi) is 6.13. The lowest BCUT2D eigenvalue weighted by atomic mass is 10.1. The van der Waals surface area contributed by atoms with Crippen molar-refractivity contribution < 1.29 is 31.1 Å². The van der Waals surface area contributed by atoms with E-state index in [1.54, 1.807) is 31.4 Å². The molecule has 1 aliphatic rings. The lowest BCUT2D eigenvalue weighted by Gasteiger charge is -2.34. The van der Waals surface area contributed by atoms with E-state index in [-0.39, 0.29) is 38.5 Å². The Morgan fingerprint density at radius 2 is 1.59 bits per heavy atom. The summed E-state index contributed by atoms with van der Waals surface area (Å²) < 4.78 is 71.6. The average molecular weight is 428 g/mol. The van der Waals surface area contributed by atoms with Gasteiger partial charge >= 0.3 is 0 Å². The molecular formula is C19H19F3N2O4S. The molecule has 1 saturated heterocycles. The van der Waals surface area contributed by atoms with Crippen molar-refractivity contribution in [3.05, 3.63) is 59.4 Å². The van der Waals surface area contributed by atoms with Crippen LogP contribution in [0.1, 0.15) is 5.56 Å². The third-order valence-electron chi connectivity index (χ3n) is 4.72. The SMILES string of the molecule is COc1ccc(CC(=O)N2CCN(S(=O)(=O)c3ccc(F)c(F)c3F)CC2)cc1. The molecule has 3 rings (SSSR count). The fraction of sp³-hybridized carbons (Fsp3) is 0.316. The van der Waals surface area contributed by atoms with Gasteiger partial charge in [0.05, 0.1) is 13.5 Å². The van der Waals surface area contributed by atoms with Crippen molar-refractivity contribution in [2.75, 3.05) is 33.3 Å². The van der Waals surface area contributed by atoms with Crippen LogP contribution in [0, 0.1) is 17.5 Å². The zero-order valence-electron chi connectivity index (χ0n) is 15.6. The summed E-state index contributed by atoms with van der Waals surface area (Å²) in [6, 6.07) is 8.28. The summed E-state index contributed by atoms with van der Waals surface area (Å²) in [4.78, 5) is 13.0. The van der Waals surface area contributed by atoms with E-state index < -0.39 is 32.4 Å². The molecule has 2 aromatic carbocycles. The van der Waals surface area contributed by atoms with Crippen molar-refractivity contribution >= 4 is 15.9 Å². The topological polar surface area (TPSA) is 66.9 Å². The zero-order valence-corrected chi connectivity index (χ0v) is 16.4. The largest absolute Gasteiger partial charge is 0.497 e. The first-order valence-electron chi connectivity index (χ1n) is 8.78. The summed E-state index contributed by atoms with van der Waals surface area (Å²) in [6.07, 6.45) is 0.147. The molecule has 6 nitrogen and oxygen atoms in total. The van der Waals surface area contributed by atoms with Crippen molar-refractivity contribution in [3.8, 4) is 5.75 Å². The minimum Gasteiger partial charge on any atom is -0.497 e. The van der Waals surface area contributed by atoms with Crippen LogP contribution in [0.25, 0.3) is 0 Å². The molecular weight excluding hydrogens is 409 g/mol. The van der Waals surface area contributed by atoms with Gasteiger partial charge in [0.25, 0.3) is 0 Å². The maximum absolute atomic E-state index is 13.9. The second kappa shape index (κ2) is 8.42. The lowest BCUT2D eigenvalue weighted by Crippen LogP contribution is -2.51. The smallest absolute Gasteiger partial charge is 0.246 e. The van der Waals surface area contributed by atoms with E-state index in [9.17, 15) is 26.4 Å². The number of methoxy groups -OCH3 is 1. The fourth-order valence-electron chi connectivity index (χ4n) is 3.05. The Morgan fingerprint density at radius 3 is 2.17 bits per heavy atom. The molecule has 1 heterocycles. The average Bonchev–Trinajstić information content (AvgIpc) is 2.72. The first-order valence-corrected chi connectivity index (χ1v) is 10.2. The molecule has 0 atom stereocenters. The second-order valence-corrected chi connectivity index (χ2v) is 8.39. The van der Waals surface area contributed by atoms with Gasteiger partial charge in [0.1, 0.15) is 10.6 Å². The van der Waals surface area contributed by atoms with Crippen LogP contribution in [0.2, 0.25) is 0 Å². The van der Waals surface area contributed by atoms with Gasteiger partial charge in [0.15, 0.2) is 17.5 Å². The van der Waals surface area contributed by atoms with Gasteiger partial charge in [-0.1, -0.05) is 12.1 Å². The third kappa shape index (κ3) is 4.38. The summed E-state index contributed by atoms with van der Waals surface area (Å²) >= 11 is 0. The van der Waals surface area contributed by atoms with Gasteiger partial charge in [-0.2, -0.15) is 4.31 Å². The van der Waals surface area contributed by atoms with Gasteiger partial charge < -0.3 is 9.64 Å². The summed E-state index contributed by atoms with van der Waals surface area (Å²) in [5, 5.41) is 0. The van der Waals surface area contributed by atoms with E-state index in [0.717, 1.165) is 9.87 Å². The molecule has 156 valence electrons. The monoisotopic (exact) mass is 428 g/mol. The molecule has 2 aromatic rings. The molecule has 0 spiro atoms. The van der Waals surface area contributed by atoms with Gasteiger partial charge in [-0.15, -0.1) is 0 Å². The second-order valence-electron chi connectivity index (χ2n) is 6.48. The number of hydrogen-bond donors (Lipinski definition) is 0. The van der Waals surface area contributed by atoms with Crippen LogP contribution in [-0.4, -0.2) is 56.8 Å². The standard InChI is InChI=1S/C19H19F3N2O4S/c1-28-14-4-2-13(3-5-14)12-17(25)23-8-10-24(11-9-23)29(26,27)16-7-6-15(20)18(21)19(16)22/h2-7H,8-12H2,1H3. The quantitative estimate of drug-likeness (QED) is 0.685. The summed E-state index contributed by atoms with van der Waals surface area (Å²) in [5.41, 5.74) is 0.787. The van der Waals surface area contributed by atoms with Gasteiger partial charge in [0, 0.05) is 26.2 Å². The summed E-state index contributed by atoms with van der Waals surface area (Å²) in [5.74, 6) is -4.55. The highest BCUT2D eigenvalue weighted by atomic mass is 32.2. The number of ether oxygens (including phenoxy) is 1. The number of piperazine rings is 1. The predicted octanol–water partition coefficient (Wildman–Crippen LogP) is 2.19. The van der Waals surface area contributed by atoms with E-state index in [1.165, 1.54) is 4.90 Å². The van der Waals surface area contributed by atoms with E-state index >= 15 is 0 Å². The van der Waals surface area contributed by atoms with Gasteiger partial charge in [-0.05, 0) is 29.8 Å². The number of halogens is 3. The highest BCUT2D eigenvalue weighted by Gasteiger charge is 2.33. The number of benzene rings is 2. The predicted molar refractivity (Wildman–Crippen MR) is 98.4 cm³/mol. The maximum atomic E-state index is 13.9. The molecule has 1 fully saturated rings. The first-order chi connectivity index (χ1) is 13.7. The van der Waals surface area contributed by atoms with Crippen LogP contribution >= 0.6 is 0 Å². The van der Waals surface area contributed by atoms with Crippen molar-refractivity contribution in [1.29, 1.82) is 0 Å². The van der Waals surface area contributed by atoms with E-state index in [2.05, 4.69) is 0 Å². The Hall–Kier alpha value is -2.59. The van der Waals surface area contributed by atoms with E-state index in [4.69, 9.17) is 4.74 Å². The Morgan fingerprint density at radius 1 is 0.966 bits per heavy atom. The van der Waals surface area contributed by atoms with Crippen LogP contribution in [0.15, 0.2) is 41.3 Å². The number of carbonyl (C=O) groups is 1. The first kappa shape index (κ1) is 21.1. The number of amides is 1. The minimum atomic E-state index is -4.35. The van der Waals surface area contributed by atoms with Crippen LogP contribution in [0.5, 0.6) is 5.75 Å². The number of nitrogens with zero attached hydrogens (tertiary/aromatic N) is 2. The molecule has 0 N–H and O–H groups in total. The molecule has 0 radical (unpaired) electrons. The minimum absolute atomic E-state index is 0.0743. The fourth-order valence-corrected chi connectivity index (χ4v) is 4.53. The highest BCUT2D eigenvalue weighted by Crippen LogP contribution is 2.24. The Labute approximate surface area is 166 Å². The van der Waals surface area contributed by atoms with Crippen LogP contribution in [0.3, 0.4) is 0 Å². The maximum Gasteiger partial charge on any atom is 0.246 e. The van der Waals surface area contributed by atoms with E-state index in [1.807, 2.05) is 0 Å². The zero-order chi connectivity index (χ0) is 21.2. The molecule has 0 unspecified atom stereocenters. The molecule has 0 saturated carbocycles. The summed E-state index contributed by atoms with van der Waals surface area (Å²) in [6.45, 7) is 0.0727. The van der Waals surface area contributed by atoms with Crippen LogP contribution in [0.4, 0.5) is 13.2 Å². The molecule has 1 amide bonds. The van der Waals surface area contributed by atoms with Gasteiger partial charge in [0.2, 0.25) is 15.9 Å². The molecule has 1 aliphatic heterocycles. The van der Waals surface area contributed by atoms with Gasteiger partial charge in [-0.3, -0.25) is 4.79 Å². The number of carbonyl (C=O) groups excluding carboxylic acids is 1. The van der Waals surface area contributed by atoms with Crippen LogP contribution in [-0.2, 0) is 21.2 Å². The third-order valence-corrected chi connectivity index (χ3v) is 6.64.